The van der Waals surface area contributed by atoms with Crippen molar-refractivity contribution < 1.29 is 8.83 Å². The van der Waals surface area contributed by atoms with Crippen molar-refractivity contribution in [3.05, 3.63) is 186 Å². The standard InChI is InChI=1S/C63H58BN3O2/c1-38-33-51-57-54(34-38)67(52-19-14-18-48-47-31-25-42(63(8,9)10)36-56(47)69-60(48)52)53-37-46(66(44-26-21-40(22-27-44)61(2,3)4)45-28-23-41(24-29-45)62(5,6)7)30-32-50(53)64(57)43-16-13-15-39(35-43)59-58(65-51)49-17-11-12-20-55(49)68-59/h11-37,65H,1-10H3. The molecular formula is C63H58BN3O2. The lowest BCUT2D eigenvalue weighted by Gasteiger charge is -2.39. The van der Waals surface area contributed by atoms with Crippen LogP contribution in [0.5, 0.6) is 0 Å². The summed E-state index contributed by atoms with van der Waals surface area (Å²) in [4.78, 5) is 4.90. The fourth-order valence-corrected chi connectivity index (χ4v) is 10.8. The Balaban J connectivity index is 1.15. The maximum Gasteiger partial charge on any atom is 0.249 e. The fourth-order valence-electron chi connectivity index (χ4n) is 10.8. The summed E-state index contributed by atoms with van der Waals surface area (Å²) in [6, 6.07) is 60.8. The molecule has 2 aromatic heterocycles. The SMILES string of the molecule is Cc1cc2c3c(c1)N(c1cccc4c1oc1cc(C(C)(C)C)ccc14)c1cc(N(c4ccc(C(C)(C)C)cc4)c4ccc(C(C)(C)C)cc4)ccc1B3c1cccc(c1)-c1oc3ccccc3c1N2. The first-order valence-electron chi connectivity index (χ1n) is 24.4. The highest BCUT2D eigenvalue weighted by molar-refractivity contribution is 6.99. The van der Waals surface area contributed by atoms with E-state index in [-0.39, 0.29) is 23.0 Å². The Labute approximate surface area is 406 Å². The number of anilines is 8. The van der Waals surface area contributed by atoms with E-state index < -0.39 is 0 Å². The largest absolute Gasteiger partial charge is 0.454 e. The van der Waals surface area contributed by atoms with Gasteiger partial charge in [0.15, 0.2) is 11.3 Å². The van der Waals surface area contributed by atoms with Gasteiger partial charge in [-0.05, 0) is 129 Å². The average molecular weight is 900 g/mol. The lowest BCUT2D eigenvalue weighted by molar-refractivity contribution is 0.587. The van der Waals surface area contributed by atoms with Crippen molar-refractivity contribution in [1.29, 1.82) is 0 Å². The summed E-state index contributed by atoms with van der Waals surface area (Å²) in [5.41, 5.74) is 20.7. The molecule has 2 aliphatic rings. The fraction of sp³-hybridized carbons (Fsp3) is 0.206. The number of hydrogen-bond donors (Lipinski definition) is 1. The van der Waals surface area contributed by atoms with Crippen molar-refractivity contribution in [2.24, 2.45) is 0 Å². The van der Waals surface area contributed by atoms with Crippen LogP contribution in [0.3, 0.4) is 0 Å². The number of furan rings is 2. The van der Waals surface area contributed by atoms with Gasteiger partial charge in [-0.2, -0.15) is 0 Å². The quantitative estimate of drug-likeness (QED) is 0.178. The van der Waals surface area contributed by atoms with Crippen LogP contribution in [0, 0.1) is 6.92 Å². The molecule has 2 bridgehead atoms. The Kier molecular flexibility index (Phi) is 9.50. The number of rotatable bonds is 4. The van der Waals surface area contributed by atoms with Gasteiger partial charge in [-0.15, -0.1) is 0 Å². The van der Waals surface area contributed by atoms with Crippen molar-refractivity contribution in [2.45, 2.75) is 85.5 Å². The third kappa shape index (κ3) is 7.06. The van der Waals surface area contributed by atoms with Crippen molar-refractivity contribution in [1.82, 2.24) is 0 Å². The van der Waals surface area contributed by atoms with Crippen LogP contribution in [0.4, 0.5) is 45.5 Å². The molecule has 1 N–H and O–H groups in total. The Hall–Kier alpha value is -7.44. The number of nitrogens with one attached hydrogen (secondary N) is 1. The molecule has 10 aromatic rings. The number of hydrogen-bond acceptors (Lipinski definition) is 5. The molecule has 0 saturated heterocycles. The molecule has 340 valence electrons. The number of aryl methyl sites for hydroxylation is 1. The Morgan fingerprint density at radius 1 is 0.493 bits per heavy atom. The molecule has 0 spiro atoms. The molecule has 0 unspecified atom stereocenters. The third-order valence-electron chi connectivity index (χ3n) is 14.6. The van der Waals surface area contributed by atoms with E-state index in [1.165, 1.54) is 33.1 Å². The first kappa shape index (κ1) is 42.9. The molecular weight excluding hydrogens is 842 g/mol. The molecule has 0 saturated carbocycles. The molecule has 0 amide bonds. The number of nitrogens with zero attached hydrogens (tertiary/aromatic N) is 2. The topological polar surface area (TPSA) is 44.8 Å². The average Bonchev–Trinajstić information content (AvgIpc) is 3.89. The van der Waals surface area contributed by atoms with Crippen LogP contribution < -0.4 is 31.5 Å². The van der Waals surface area contributed by atoms with E-state index in [1.807, 2.05) is 6.07 Å². The van der Waals surface area contributed by atoms with Gasteiger partial charge in [-0.25, -0.2) is 0 Å². The molecule has 5 nitrogen and oxygen atoms in total. The molecule has 4 heterocycles. The molecule has 12 rings (SSSR count). The summed E-state index contributed by atoms with van der Waals surface area (Å²) in [5, 5.41) is 7.29. The van der Waals surface area contributed by atoms with Crippen molar-refractivity contribution >= 4 is 102 Å². The van der Waals surface area contributed by atoms with Crippen LogP contribution in [0.1, 0.15) is 84.6 Å². The third-order valence-corrected chi connectivity index (χ3v) is 14.6. The number of para-hydroxylation sites is 2. The molecule has 0 fully saturated rings. The van der Waals surface area contributed by atoms with E-state index in [1.54, 1.807) is 0 Å². The monoisotopic (exact) mass is 899 g/mol. The summed E-state index contributed by atoms with van der Waals surface area (Å²) in [6.07, 6.45) is 0. The van der Waals surface area contributed by atoms with E-state index in [4.69, 9.17) is 8.83 Å². The van der Waals surface area contributed by atoms with Crippen molar-refractivity contribution in [3.8, 4) is 11.3 Å². The second-order valence-corrected chi connectivity index (χ2v) is 22.5. The Bertz CT molecular complexity index is 3610. The highest BCUT2D eigenvalue weighted by atomic mass is 16.3. The van der Waals surface area contributed by atoms with Gasteiger partial charge >= 0.3 is 0 Å². The molecule has 0 aliphatic carbocycles. The minimum atomic E-state index is -0.117. The Morgan fingerprint density at radius 2 is 1.13 bits per heavy atom. The highest BCUT2D eigenvalue weighted by Crippen LogP contribution is 2.48. The number of benzene rings is 8. The van der Waals surface area contributed by atoms with E-state index in [0.29, 0.717) is 0 Å². The van der Waals surface area contributed by atoms with Crippen LogP contribution in [0.25, 0.3) is 44.2 Å². The van der Waals surface area contributed by atoms with Gasteiger partial charge in [0.05, 0.1) is 11.4 Å². The van der Waals surface area contributed by atoms with Gasteiger partial charge in [0.1, 0.15) is 11.2 Å². The van der Waals surface area contributed by atoms with Gasteiger partial charge in [0.2, 0.25) is 6.71 Å². The smallest absolute Gasteiger partial charge is 0.249 e. The minimum absolute atomic E-state index is 0.0220. The van der Waals surface area contributed by atoms with Crippen LogP contribution in [0.15, 0.2) is 173 Å². The maximum atomic E-state index is 7.13. The molecule has 6 heteroatoms. The van der Waals surface area contributed by atoms with Crippen molar-refractivity contribution in [2.75, 3.05) is 15.1 Å². The van der Waals surface area contributed by atoms with Gasteiger partial charge in [-0.3, -0.25) is 0 Å². The lowest BCUT2D eigenvalue weighted by Crippen LogP contribution is -2.57. The zero-order valence-electron chi connectivity index (χ0n) is 41.4. The zero-order chi connectivity index (χ0) is 47.7. The highest BCUT2D eigenvalue weighted by Gasteiger charge is 2.40. The van der Waals surface area contributed by atoms with Gasteiger partial charge in [0.25, 0.3) is 0 Å². The first-order valence-corrected chi connectivity index (χ1v) is 24.4. The van der Waals surface area contributed by atoms with Crippen LogP contribution >= 0.6 is 0 Å². The lowest BCUT2D eigenvalue weighted by atomic mass is 9.34. The predicted octanol–water partition coefficient (Wildman–Crippen LogP) is 16.0. The van der Waals surface area contributed by atoms with E-state index >= 15 is 0 Å². The van der Waals surface area contributed by atoms with Crippen LogP contribution in [-0.4, -0.2) is 6.71 Å². The molecule has 8 aromatic carbocycles. The predicted molar refractivity (Wildman–Crippen MR) is 294 cm³/mol. The number of fused-ring (bicyclic) bond motifs is 12. The van der Waals surface area contributed by atoms with E-state index in [2.05, 4.69) is 242 Å². The summed E-state index contributed by atoms with van der Waals surface area (Å²) < 4.78 is 13.9. The molecule has 0 atom stereocenters. The normalized spacial score (nSPS) is 13.4. The summed E-state index contributed by atoms with van der Waals surface area (Å²) in [5.74, 6) is 0.839. The van der Waals surface area contributed by atoms with Gasteiger partial charge in [0, 0.05) is 55.8 Å². The van der Waals surface area contributed by atoms with Crippen molar-refractivity contribution in [3.63, 3.8) is 0 Å². The second kappa shape index (κ2) is 15.3. The van der Waals surface area contributed by atoms with Crippen LogP contribution in [0.2, 0.25) is 0 Å². The van der Waals surface area contributed by atoms with E-state index in [9.17, 15) is 0 Å². The summed E-state index contributed by atoms with van der Waals surface area (Å²) in [6.45, 7) is 22.5. The second-order valence-electron chi connectivity index (χ2n) is 22.5. The molecule has 0 radical (unpaired) electrons. The Morgan fingerprint density at radius 3 is 1.83 bits per heavy atom. The summed E-state index contributed by atoms with van der Waals surface area (Å²) in [7, 11) is 0. The zero-order valence-corrected chi connectivity index (χ0v) is 41.4. The van der Waals surface area contributed by atoms with E-state index in [0.717, 1.165) is 95.3 Å². The maximum absolute atomic E-state index is 7.13. The van der Waals surface area contributed by atoms with Gasteiger partial charge < -0.3 is 24.0 Å². The van der Waals surface area contributed by atoms with Gasteiger partial charge in [-0.1, -0.05) is 159 Å². The summed E-state index contributed by atoms with van der Waals surface area (Å²) >= 11 is 0. The minimum Gasteiger partial charge on any atom is -0.454 e. The van der Waals surface area contributed by atoms with Crippen LogP contribution in [-0.2, 0) is 16.2 Å². The molecule has 69 heavy (non-hydrogen) atoms. The molecule has 2 aliphatic heterocycles. The first-order chi connectivity index (χ1) is 33.0.